The Morgan fingerprint density at radius 1 is 1.17 bits per heavy atom. The molecule has 0 spiro atoms. The van der Waals surface area contributed by atoms with Crippen molar-refractivity contribution in [2.24, 2.45) is 0 Å². The first kappa shape index (κ1) is 14.8. The predicted octanol–water partition coefficient (Wildman–Crippen LogP) is 2.04. The van der Waals surface area contributed by atoms with Gasteiger partial charge in [0.1, 0.15) is 11.8 Å². The van der Waals surface area contributed by atoms with Crippen LogP contribution in [0, 0.1) is 13.8 Å². The molecular formula is C16H23N5O2. The van der Waals surface area contributed by atoms with Crippen LogP contribution in [0.25, 0.3) is 0 Å². The van der Waals surface area contributed by atoms with E-state index in [1.54, 1.807) is 0 Å². The Bertz CT molecular complexity index is 671. The molecule has 4 rings (SSSR count). The van der Waals surface area contributed by atoms with Crippen molar-refractivity contribution in [3.8, 4) is 0 Å². The summed E-state index contributed by atoms with van der Waals surface area (Å²) in [5.74, 6) is 3.82. The Hall–Kier alpha value is -1.73. The molecule has 2 aliphatic rings. The highest BCUT2D eigenvalue weighted by molar-refractivity contribution is 5.07. The van der Waals surface area contributed by atoms with Crippen molar-refractivity contribution in [3.05, 3.63) is 29.1 Å². The van der Waals surface area contributed by atoms with Gasteiger partial charge in [-0.1, -0.05) is 5.16 Å². The Balaban J connectivity index is 1.46. The summed E-state index contributed by atoms with van der Waals surface area (Å²) in [6, 6.07) is 0.140. The first-order valence-electron chi connectivity index (χ1n) is 8.29. The van der Waals surface area contributed by atoms with E-state index in [0.717, 1.165) is 55.2 Å². The molecule has 0 amide bonds. The molecule has 1 saturated heterocycles. The lowest BCUT2D eigenvalue weighted by atomic mass is 10.1. The molecule has 2 fully saturated rings. The Morgan fingerprint density at radius 2 is 2.00 bits per heavy atom. The molecule has 3 heterocycles. The van der Waals surface area contributed by atoms with Crippen LogP contribution in [0.1, 0.15) is 53.9 Å². The zero-order chi connectivity index (χ0) is 16.0. The summed E-state index contributed by atoms with van der Waals surface area (Å²) >= 11 is 0. The second-order valence-electron chi connectivity index (χ2n) is 6.75. The summed E-state index contributed by atoms with van der Waals surface area (Å²) < 4.78 is 11.2. The second-order valence-corrected chi connectivity index (χ2v) is 6.75. The van der Waals surface area contributed by atoms with Crippen molar-refractivity contribution in [3.63, 3.8) is 0 Å². The number of hydrogen-bond acceptors (Lipinski definition) is 7. The van der Waals surface area contributed by atoms with E-state index in [2.05, 4.69) is 32.0 Å². The molecule has 23 heavy (non-hydrogen) atoms. The second kappa shape index (κ2) is 5.72. The average Bonchev–Trinajstić information content (AvgIpc) is 3.17. The Morgan fingerprint density at radius 3 is 2.70 bits per heavy atom. The number of oxazole rings is 1. The summed E-state index contributed by atoms with van der Waals surface area (Å²) in [4.78, 5) is 13.7. The van der Waals surface area contributed by atoms with E-state index in [1.165, 1.54) is 12.8 Å². The molecule has 1 aliphatic heterocycles. The highest BCUT2D eigenvalue weighted by Crippen LogP contribution is 2.38. The van der Waals surface area contributed by atoms with Crippen LogP contribution in [0.3, 0.4) is 0 Å². The molecule has 0 bridgehead atoms. The van der Waals surface area contributed by atoms with Crippen LogP contribution in [0.15, 0.2) is 8.94 Å². The van der Waals surface area contributed by atoms with Crippen LogP contribution < -0.4 is 0 Å². The van der Waals surface area contributed by atoms with Gasteiger partial charge in [0.05, 0.1) is 12.2 Å². The maximum Gasteiger partial charge on any atom is 0.245 e. The van der Waals surface area contributed by atoms with Crippen LogP contribution >= 0.6 is 0 Å². The van der Waals surface area contributed by atoms with Gasteiger partial charge in [-0.15, -0.1) is 0 Å². The van der Waals surface area contributed by atoms with Gasteiger partial charge in [-0.05, 0) is 33.7 Å². The molecule has 0 unspecified atom stereocenters. The van der Waals surface area contributed by atoms with E-state index in [0.29, 0.717) is 5.92 Å². The van der Waals surface area contributed by atoms with Gasteiger partial charge in [0, 0.05) is 25.6 Å². The summed E-state index contributed by atoms with van der Waals surface area (Å²) in [7, 11) is 2.11. The zero-order valence-electron chi connectivity index (χ0n) is 13.9. The minimum atomic E-state index is 0.140. The molecule has 2 aromatic rings. The zero-order valence-corrected chi connectivity index (χ0v) is 13.9. The van der Waals surface area contributed by atoms with Crippen LogP contribution in [0.2, 0.25) is 0 Å². The summed E-state index contributed by atoms with van der Waals surface area (Å²) in [5, 5.41) is 4.15. The first-order chi connectivity index (χ1) is 11.1. The number of aryl methyl sites for hydroxylation is 2. The molecule has 0 aromatic carbocycles. The number of piperazine rings is 1. The van der Waals surface area contributed by atoms with Crippen molar-refractivity contribution in [2.45, 2.75) is 45.2 Å². The van der Waals surface area contributed by atoms with E-state index in [4.69, 9.17) is 8.94 Å². The third kappa shape index (κ3) is 3.03. The lowest BCUT2D eigenvalue weighted by molar-refractivity contribution is 0.0662. The standard InChI is InChI=1S/C16H23N5O2/c1-10-11(2)22-14(17-10)9-21-7-6-20(3)13(8-21)16-18-15(19-23-16)12-4-5-12/h12-13H,4-9H2,1-3H3/t13-/m1/s1. The number of aromatic nitrogens is 3. The van der Waals surface area contributed by atoms with Gasteiger partial charge in [-0.2, -0.15) is 4.98 Å². The van der Waals surface area contributed by atoms with Gasteiger partial charge in [-0.3, -0.25) is 9.80 Å². The van der Waals surface area contributed by atoms with Gasteiger partial charge in [0.2, 0.25) is 11.8 Å². The number of hydrogen-bond donors (Lipinski definition) is 0. The number of nitrogens with zero attached hydrogens (tertiary/aromatic N) is 5. The minimum Gasteiger partial charge on any atom is -0.444 e. The predicted molar refractivity (Wildman–Crippen MR) is 82.9 cm³/mol. The third-order valence-electron chi connectivity index (χ3n) is 4.85. The van der Waals surface area contributed by atoms with Gasteiger partial charge in [-0.25, -0.2) is 4.98 Å². The van der Waals surface area contributed by atoms with E-state index in [1.807, 2.05) is 13.8 Å². The lowest BCUT2D eigenvalue weighted by Gasteiger charge is -2.36. The van der Waals surface area contributed by atoms with Gasteiger partial charge < -0.3 is 8.94 Å². The van der Waals surface area contributed by atoms with Crippen LogP contribution in [-0.2, 0) is 6.54 Å². The third-order valence-corrected chi connectivity index (χ3v) is 4.85. The molecule has 1 atom stereocenters. The summed E-state index contributed by atoms with van der Waals surface area (Å²) in [6.07, 6.45) is 2.38. The SMILES string of the molecule is Cc1nc(CN2CCN(C)[C@@H](c3nc(C4CC4)no3)C2)oc1C. The highest BCUT2D eigenvalue weighted by Gasteiger charge is 2.34. The molecule has 7 nitrogen and oxygen atoms in total. The van der Waals surface area contributed by atoms with Crippen molar-refractivity contribution >= 4 is 0 Å². The molecule has 1 aliphatic carbocycles. The van der Waals surface area contributed by atoms with Gasteiger partial charge >= 0.3 is 0 Å². The maximum atomic E-state index is 5.71. The Kier molecular flexibility index (Phi) is 3.69. The molecule has 1 saturated carbocycles. The van der Waals surface area contributed by atoms with Gasteiger partial charge in [0.25, 0.3) is 0 Å². The van der Waals surface area contributed by atoms with E-state index in [9.17, 15) is 0 Å². The molecule has 7 heteroatoms. The lowest BCUT2D eigenvalue weighted by Crippen LogP contribution is -2.46. The smallest absolute Gasteiger partial charge is 0.245 e. The van der Waals surface area contributed by atoms with E-state index in [-0.39, 0.29) is 6.04 Å². The van der Waals surface area contributed by atoms with Crippen molar-refractivity contribution < 1.29 is 8.94 Å². The first-order valence-corrected chi connectivity index (χ1v) is 8.29. The van der Waals surface area contributed by atoms with E-state index < -0.39 is 0 Å². The number of likely N-dealkylation sites (N-methyl/N-ethyl adjacent to an activating group) is 1. The molecular weight excluding hydrogens is 294 g/mol. The largest absolute Gasteiger partial charge is 0.444 e. The summed E-state index contributed by atoms with van der Waals surface area (Å²) in [5.41, 5.74) is 0.969. The summed E-state index contributed by atoms with van der Waals surface area (Å²) in [6.45, 7) is 7.46. The normalized spacial score (nSPS) is 23.5. The molecule has 124 valence electrons. The van der Waals surface area contributed by atoms with Crippen molar-refractivity contribution in [1.82, 2.24) is 24.9 Å². The topological polar surface area (TPSA) is 71.4 Å². The molecule has 0 radical (unpaired) electrons. The van der Waals surface area contributed by atoms with Gasteiger partial charge in [0.15, 0.2) is 5.82 Å². The average molecular weight is 317 g/mol. The van der Waals surface area contributed by atoms with Crippen molar-refractivity contribution in [1.29, 1.82) is 0 Å². The quantitative estimate of drug-likeness (QED) is 0.854. The fraction of sp³-hybridized carbons (Fsp3) is 0.688. The molecule has 0 N–H and O–H groups in total. The number of rotatable bonds is 4. The van der Waals surface area contributed by atoms with Crippen molar-refractivity contribution in [2.75, 3.05) is 26.7 Å². The fourth-order valence-corrected chi connectivity index (χ4v) is 3.03. The fourth-order valence-electron chi connectivity index (χ4n) is 3.03. The maximum absolute atomic E-state index is 5.71. The van der Waals surface area contributed by atoms with Crippen LogP contribution in [-0.4, -0.2) is 51.6 Å². The Labute approximate surface area is 135 Å². The minimum absolute atomic E-state index is 0.140. The monoisotopic (exact) mass is 317 g/mol. The highest BCUT2D eigenvalue weighted by atomic mass is 16.5. The van der Waals surface area contributed by atoms with Crippen LogP contribution in [0.5, 0.6) is 0 Å². The van der Waals surface area contributed by atoms with E-state index >= 15 is 0 Å². The molecule has 2 aromatic heterocycles. The van der Waals surface area contributed by atoms with Crippen LogP contribution in [0.4, 0.5) is 0 Å².